The van der Waals surface area contributed by atoms with Gasteiger partial charge in [0.05, 0.1) is 24.2 Å². The molecule has 3 nitrogen and oxygen atoms in total. The molecule has 0 bridgehead atoms. The highest BCUT2D eigenvalue weighted by Gasteiger charge is 2.53. The van der Waals surface area contributed by atoms with Crippen molar-refractivity contribution in [2.24, 2.45) is 17.3 Å². The Bertz CT molecular complexity index is 476. The zero-order valence-corrected chi connectivity index (χ0v) is 12.3. The third-order valence-electron chi connectivity index (χ3n) is 5.37. The maximum absolute atomic E-state index is 10.7. The van der Waals surface area contributed by atoms with Gasteiger partial charge < -0.3 is 14.3 Å². The van der Waals surface area contributed by atoms with Gasteiger partial charge in [0.15, 0.2) is 0 Å². The molecule has 0 aliphatic heterocycles. The van der Waals surface area contributed by atoms with Gasteiger partial charge >= 0.3 is 0 Å². The van der Waals surface area contributed by atoms with Gasteiger partial charge in [-0.25, -0.2) is 0 Å². The summed E-state index contributed by atoms with van der Waals surface area (Å²) in [5.74, 6) is 0.661. The molecule has 0 unspecified atom stereocenters. The number of fused-ring (bicyclic) bond motifs is 2. The molecule has 0 radical (unpaired) electrons. The van der Waals surface area contributed by atoms with Crippen LogP contribution < -0.4 is 0 Å². The first-order valence-electron chi connectivity index (χ1n) is 7.14. The Balaban J connectivity index is 2.07. The average molecular weight is 264 g/mol. The van der Waals surface area contributed by atoms with Crippen molar-refractivity contribution in [2.45, 2.75) is 51.7 Å². The number of hydrogen-bond donors (Lipinski definition) is 1. The quantitative estimate of drug-likeness (QED) is 0.846. The van der Waals surface area contributed by atoms with Gasteiger partial charge in [0.1, 0.15) is 0 Å². The number of aliphatic hydroxyl groups excluding tert-OH is 1. The van der Waals surface area contributed by atoms with Crippen LogP contribution in [0.3, 0.4) is 0 Å². The molecule has 4 atom stereocenters. The minimum absolute atomic E-state index is 0.214. The topological polar surface area (TPSA) is 42.6 Å². The number of ether oxygens (including phenoxy) is 1. The van der Waals surface area contributed by atoms with Crippen LogP contribution in [-0.2, 0) is 11.2 Å². The maximum Gasteiger partial charge on any atom is 0.0963 e. The number of hydrogen-bond acceptors (Lipinski definition) is 3. The van der Waals surface area contributed by atoms with Crippen molar-refractivity contribution in [1.82, 2.24) is 0 Å². The summed E-state index contributed by atoms with van der Waals surface area (Å²) in [6.07, 6.45) is 6.04. The molecule has 0 aromatic carbocycles. The lowest BCUT2D eigenvalue weighted by molar-refractivity contribution is -0.0703. The van der Waals surface area contributed by atoms with Crippen molar-refractivity contribution in [3.63, 3.8) is 0 Å². The van der Waals surface area contributed by atoms with Crippen molar-refractivity contribution < 1.29 is 14.3 Å². The molecule has 0 spiro atoms. The minimum atomic E-state index is -0.419. The van der Waals surface area contributed by atoms with Crippen LogP contribution >= 0.6 is 0 Å². The van der Waals surface area contributed by atoms with Crippen LogP contribution in [0.15, 0.2) is 16.9 Å². The number of aliphatic hydroxyl groups is 1. The second kappa shape index (κ2) is 4.10. The summed E-state index contributed by atoms with van der Waals surface area (Å²) in [5, 5.41) is 10.7. The van der Waals surface area contributed by atoms with E-state index in [4.69, 9.17) is 9.15 Å². The van der Waals surface area contributed by atoms with E-state index in [-0.39, 0.29) is 16.9 Å². The lowest BCUT2D eigenvalue weighted by Crippen LogP contribution is -2.40. The second-order valence-electron chi connectivity index (χ2n) is 7.33. The van der Waals surface area contributed by atoms with Crippen LogP contribution in [0, 0.1) is 17.3 Å². The average Bonchev–Trinajstić information content (AvgIpc) is 2.90. The van der Waals surface area contributed by atoms with E-state index in [0.717, 1.165) is 30.4 Å². The van der Waals surface area contributed by atoms with Gasteiger partial charge in [0.2, 0.25) is 0 Å². The van der Waals surface area contributed by atoms with Crippen molar-refractivity contribution in [1.29, 1.82) is 0 Å². The van der Waals surface area contributed by atoms with Crippen LogP contribution in [0.1, 0.15) is 50.8 Å². The van der Waals surface area contributed by atoms with Gasteiger partial charge in [0, 0.05) is 19.1 Å². The zero-order valence-electron chi connectivity index (χ0n) is 12.3. The van der Waals surface area contributed by atoms with E-state index < -0.39 is 6.10 Å². The molecule has 19 heavy (non-hydrogen) atoms. The Morgan fingerprint density at radius 2 is 2.00 bits per heavy atom. The van der Waals surface area contributed by atoms with E-state index in [1.54, 1.807) is 19.6 Å². The SMILES string of the molecule is CO[C@]1(C)Cc2cocc2[C@H](O)[C@H]2CC(C)(C)C[C@H]21. The molecule has 3 heteroatoms. The molecule has 1 aromatic heterocycles. The maximum atomic E-state index is 10.7. The van der Waals surface area contributed by atoms with Crippen molar-refractivity contribution in [3.05, 3.63) is 23.7 Å². The molecule has 1 aromatic rings. The fraction of sp³-hybridized carbons (Fsp3) is 0.750. The first-order chi connectivity index (χ1) is 8.86. The first kappa shape index (κ1) is 13.2. The van der Waals surface area contributed by atoms with E-state index in [0.29, 0.717) is 5.92 Å². The van der Waals surface area contributed by atoms with E-state index in [2.05, 4.69) is 20.8 Å². The van der Waals surface area contributed by atoms with E-state index in [9.17, 15) is 5.11 Å². The lowest BCUT2D eigenvalue weighted by atomic mass is 9.78. The van der Waals surface area contributed by atoms with Gasteiger partial charge in [-0.2, -0.15) is 0 Å². The van der Waals surface area contributed by atoms with E-state index in [1.165, 1.54) is 0 Å². The Morgan fingerprint density at radius 1 is 1.26 bits per heavy atom. The van der Waals surface area contributed by atoms with Gasteiger partial charge in [-0.1, -0.05) is 13.8 Å². The molecule has 2 aliphatic carbocycles. The molecule has 1 fully saturated rings. The molecular formula is C16H24O3. The van der Waals surface area contributed by atoms with Crippen LogP contribution in [0.25, 0.3) is 0 Å². The standard InChI is InChI=1S/C16H24O3/c1-15(2)6-11-13(7-15)16(3,18-4)5-10-8-19-9-12(10)14(11)17/h8-9,11,13-14,17H,5-7H2,1-4H3/t11-,13+,14+,16+/m0/s1. The molecule has 106 valence electrons. The summed E-state index contributed by atoms with van der Waals surface area (Å²) in [5.41, 5.74) is 2.13. The number of rotatable bonds is 1. The molecule has 0 saturated heterocycles. The smallest absolute Gasteiger partial charge is 0.0963 e. The summed E-state index contributed by atoms with van der Waals surface area (Å²) < 4.78 is 11.2. The molecule has 2 aliphatic rings. The predicted octanol–water partition coefficient (Wildman–Crippen LogP) is 3.33. The van der Waals surface area contributed by atoms with Crippen LogP contribution in [0.4, 0.5) is 0 Å². The van der Waals surface area contributed by atoms with Gasteiger partial charge in [-0.3, -0.25) is 0 Å². The number of furan rings is 1. The van der Waals surface area contributed by atoms with Crippen molar-refractivity contribution in [3.8, 4) is 0 Å². The normalized spacial score (nSPS) is 40.6. The highest BCUT2D eigenvalue weighted by molar-refractivity contribution is 5.29. The molecule has 1 saturated carbocycles. The molecule has 3 rings (SSSR count). The summed E-state index contributed by atoms with van der Waals surface area (Å²) in [7, 11) is 1.79. The van der Waals surface area contributed by atoms with Crippen LogP contribution in [0.5, 0.6) is 0 Å². The van der Waals surface area contributed by atoms with Crippen molar-refractivity contribution in [2.75, 3.05) is 7.11 Å². The zero-order chi connectivity index (χ0) is 13.8. The number of methoxy groups -OCH3 is 1. The largest absolute Gasteiger partial charge is 0.472 e. The Labute approximate surface area is 115 Å². The molecule has 1 N–H and O–H groups in total. The summed E-state index contributed by atoms with van der Waals surface area (Å²) in [6.45, 7) is 6.77. The molecule has 1 heterocycles. The van der Waals surface area contributed by atoms with Crippen LogP contribution in [0.2, 0.25) is 0 Å². The fourth-order valence-electron chi connectivity index (χ4n) is 4.31. The fourth-order valence-corrected chi connectivity index (χ4v) is 4.31. The van der Waals surface area contributed by atoms with Crippen molar-refractivity contribution >= 4 is 0 Å². The highest BCUT2D eigenvalue weighted by atomic mass is 16.5. The highest BCUT2D eigenvalue weighted by Crippen LogP contribution is 2.56. The van der Waals surface area contributed by atoms with E-state index >= 15 is 0 Å². The summed E-state index contributed by atoms with van der Waals surface area (Å²) in [6, 6.07) is 0. The van der Waals surface area contributed by atoms with Gasteiger partial charge in [-0.15, -0.1) is 0 Å². The van der Waals surface area contributed by atoms with E-state index in [1.807, 2.05) is 0 Å². The molecule has 0 amide bonds. The predicted molar refractivity (Wildman–Crippen MR) is 72.8 cm³/mol. The van der Waals surface area contributed by atoms with Gasteiger partial charge in [-0.05, 0) is 42.6 Å². The summed E-state index contributed by atoms with van der Waals surface area (Å²) >= 11 is 0. The second-order valence-corrected chi connectivity index (χ2v) is 7.33. The first-order valence-corrected chi connectivity index (χ1v) is 7.14. The Kier molecular flexibility index (Phi) is 2.84. The lowest BCUT2D eigenvalue weighted by Gasteiger charge is -2.37. The Hall–Kier alpha value is -0.800. The summed E-state index contributed by atoms with van der Waals surface area (Å²) in [4.78, 5) is 0. The third kappa shape index (κ3) is 1.95. The molecular weight excluding hydrogens is 240 g/mol. The van der Waals surface area contributed by atoms with Crippen LogP contribution in [-0.4, -0.2) is 17.8 Å². The van der Waals surface area contributed by atoms with Gasteiger partial charge in [0.25, 0.3) is 0 Å². The monoisotopic (exact) mass is 264 g/mol. The Morgan fingerprint density at radius 3 is 2.68 bits per heavy atom. The third-order valence-corrected chi connectivity index (χ3v) is 5.37. The minimum Gasteiger partial charge on any atom is -0.472 e.